The molecule has 2 fully saturated rings. The summed E-state index contributed by atoms with van der Waals surface area (Å²) in [6.45, 7) is 8.82. The molecule has 3 N–H and O–H groups in total. The van der Waals surface area contributed by atoms with Crippen molar-refractivity contribution >= 4 is 17.8 Å². The van der Waals surface area contributed by atoms with Gasteiger partial charge in [0.25, 0.3) is 0 Å². The lowest BCUT2D eigenvalue weighted by Gasteiger charge is -2.35. The lowest BCUT2D eigenvalue weighted by molar-refractivity contribution is -0.154. The van der Waals surface area contributed by atoms with Crippen molar-refractivity contribution in [3.05, 3.63) is 64.7 Å². The van der Waals surface area contributed by atoms with Gasteiger partial charge in [-0.25, -0.2) is 4.79 Å². The molecular weight excluding hydrogens is 408 g/mol. The summed E-state index contributed by atoms with van der Waals surface area (Å²) in [6, 6.07) is 11.4. The third kappa shape index (κ3) is 2.95. The number of nitrogens with one attached hydrogen (secondary N) is 1. The number of benzene rings is 2. The maximum Gasteiger partial charge on any atom is 0.329 e. The standard InChI is InChI=1S/C25H28N2O5/c1-13-11-15(12-14(2)20(13)28)19-17-18(22(30)27(21(17)29)24(3,4)5)25(26-19,23(31)32)16-9-7-6-8-10-16/h6-12,17-19,26,28H,1-5H3,(H,31,32). The number of hydrogen-bond donors (Lipinski definition) is 3. The number of phenolic OH excluding ortho intramolecular Hbond substituents is 1. The Morgan fingerprint density at radius 3 is 2.09 bits per heavy atom. The van der Waals surface area contributed by atoms with Crippen LogP contribution in [0.5, 0.6) is 5.75 Å². The molecule has 0 bridgehead atoms. The molecule has 4 unspecified atom stereocenters. The van der Waals surface area contributed by atoms with E-state index in [4.69, 9.17) is 0 Å². The van der Waals surface area contributed by atoms with Gasteiger partial charge in [-0.15, -0.1) is 0 Å². The van der Waals surface area contributed by atoms with Gasteiger partial charge in [-0.3, -0.25) is 19.8 Å². The van der Waals surface area contributed by atoms with Gasteiger partial charge >= 0.3 is 5.97 Å². The van der Waals surface area contributed by atoms with E-state index < -0.39 is 40.8 Å². The average Bonchev–Trinajstić information content (AvgIpc) is 3.21. The zero-order chi connectivity index (χ0) is 23.6. The van der Waals surface area contributed by atoms with Gasteiger partial charge in [0, 0.05) is 11.6 Å². The van der Waals surface area contributed by atoms with Crippen LogP contribution in [0.1, 0.15) is 49.1 Å². The van der Waals surface area contributed by atoms with Crippen molar-refractivity contribution in [1.82, 2.24) is 10.2 Å². The highest BCUT2D eigenvalue weighted by molar-refractivity contribution is 6.10. The van der Waals surface area contributed by atoms with Crippen molar-refractivity contribution in [2.75, 3.05) is 0 Å². The predicted octanol–water partition coefficient (Wildman–Crippen LogP) is 3.03. The fourth-order valence-electron chi connectivity index (χ4n) is 5.31. The van der Waals surface area contributed by atoms with Crippen molar-refractivity contribution in [2.45, 2.75) is 51.7 Å². The Balaban J connectivity index is 1.98. The van der Waals surface area contributed by atoms with Gasteiger partial charge in [-0.05, 0) is 56.9 Å². The number of fused-ring (bicyclic) bond motifs is 1. The minimum atomic E-state index is -1.76. The largest absolute Gasteiger partial charge is 0.507 e. The fraction of sp³-hybridized carbons (Fsp3) is 0.400. The number of rotatable bonds is 3. The van der Waals surface area contributed by atoms with Crippen LogP contribution in [-0.2, 0) is 19.9 Å². The Morgan fingerprint density at radius 1 is 1.03 bits per heavy atom. The van der Waals surface area contributed by atoms with Crippen molar-refractivity contribution in [3.8, 4) is 5.75 Å². The first-order valence-corrected chi connectivity index (χ1v) is 10.7. The van der Waals surface area contributed by atoms with Crippen molar-refractivity contribution < 1.29 is 24.6 Å². The van der Waals surface area contributed by atoms with Crippen LogP contribution in [0.2, 0.25) is 0 Å². The number of carbonyl (C=O) groups is 3. The molecular formula is C25H28N2O5. The summed E-state index contributed by atoms with van der Waals surface area (Å²) < 4.78 is 0. The summed E-state index contributed by atoms with van der Waals surface area (Å²) in [6.07, 6.45) is 0. The lowest BCUT2D eigenvalue weighted by Crippen LogP contribution is -2.55. The number of likely N-dealkylation sites (tertiary alicyclic amines) is 1. The minimum absolute atomic E-state index is 0.154. The normalized spacial score (nSPS) is 27.7. The maximum atomic E-state index is 13.7. The number of aromatic hydroxyl groups is 1. The lowest BCUT2D eigenvalue weighted by atomic mass is 9.75. The number of aryl methyl sites for hydroxylation is 2. The third-order valence-corrected chi connectivity index (χ3v) is 6.67. The minimum Gasteiger partial charge on any atom is -0.507 e. The summed E-state index contributed by atoms with van der Waals surface area (Å²) in [5.41, 5.74) is -0.211. The Morgan fingerprint density at radius 2 is 1.59 bits per heavy atom. The molecule has 2 aliphatic rings. The third-order valence-electron chi connectivity index (χ3n) is 6.67. The highest BCUT2D eigenvalue weighted by Crippen LogP contribution is 2.54. The summed E-state index contributed by atoms with van der Waals surface area (Å²) >= 11 is 0. The zero-order valence-corrected chi connectivity index (χ0v) is 18.8. The van der Waals surface area contributed by atoms with Gasteiger partial charge in [0.1, 0.15) is 5.75 Å². The first-order chi connectivity index (χ1) is 14.9. The molecule has 2 aromatic rings. The molecule has 0 aromatic heterocycles. The average molecular weight is 437 g/mol. The number of phenols is 1. The summed E-state index contributed by atoms with van der Waals surface area (Å²) in [4.78, 5) is 41.4. The van der Waals surface area contributed by atoms with Crippen LogP contribution in [0, 0.1) is 25.7 Å². The van der Waals surface area contributed by atoms with Gasteiger partial charge in [0.15, 0.2) is 5.54 Å². The quantitative estimate of drug-likeness (QED) is 0.639. The molecule has 0 spiro atoms. The molecule has 2 aromatic carbocycles. The van der Waals surface area contributed by atoms with E-state index in [0.717, 1.165) is 0 Å². The van der Waals surface area contributed by atoms with Crippen LogP contribution in [0.15, 0.2) is 42.5 Å². The fourth-order valence-corrected chi connectivity index (χ4v) is 5.31. The first-order valence-electron chi connectivity index (χ1n) is 10.7. The number of carboxylic acid groups (broad SMARTS) is 1. The number of carboxylic acids is 1. The Bertz CT molecular complexity index is 1100. The molecule has 0 aliphatic carbocycles. The van der Waals surface area contributed by atoms with Crippen LogP contribution in [0.4, 0.5) is 0 Å². The number of hydrogen-bond acceptors (Lipinski definition) is 5. The smallest absolute Gasteiger partial charge is 0.329 e. The molecule has 2 aliphatic heterocycles. The van der Waals surface area contributed by atoms with Crippen molar-refractivity contribution in [1.29, 1.82) is 0 Å². The summed E-state index contributed by atoms with van der Waals surface area (Å²) in [7, 11) is 0. The zero-order valence-electron chi connectivity index (χ0n) is 18.8. The van der Waals surface area contributed by atoms with E-state index in [0.29, 0.717) is 22.3 Å². The van der Waals surface area contributed by atoms with Gasteiger partial charge in [-0.2, -0.15) is 0 Å². The van der Waals surface area contributed by atoms with E-state index in [1.54, 1.807) is 77.1 Å². The highest BCUT2D eigenvalue weighted by Gasteiger charge is 2.70. The second kappa shape index (κ2) is 7.17. The van der Waals surface area contributed by atoms with Gasteiger partial charge in [-0.1, -0.05) is 42.5 Å². The van der Waals surface area contributed by atoms with Gasteiger partial charge < -0.3 is 10.2 Å². The molecule has 7 nitrogen and oxygen atoms in total. The molecule has 2 heterocycles. The molecule has 168 valence electrons. The maximum absolute atomic E-state index is 13.7. The number of carbonyl (C=O) groups excluding carboxylic acids is 2. The van der Waals surface area contributed by atoms with E-state index in [1.165, 1.54) is 4.90 Å². The van der Waals surface area contributed by atoms with E-state index in [1.807, 2.05) is 0 Å². The Kier molecular flexibility index (Phi) is 4.93. The van der Waals surface area contributed by atoms with Crippen LogP contribution in [0.3, 0.4) is 0 Å². The Labute approximate surface area is 187 Å². The van der Waals surface area contributed by atoms with Crippen molar-refractivity contribution in [2.24, 2.45) is 11.8 Å². The van der Waals surface area contributed by atoms with Crippen LogP contribution in [0.25, 0.3) is 0 Å². The topological polar surface area (TPSA) is 107 Å². The SMILES string of the molecule is Cc1cc(C2NC(C(=O)O)(c3ccccc3)C3C(=O)N(C(C)(C)C)C(=O)C23)cc(C)c1O. The highest BCUT2D eigenvalue weighted by atomic mass is 16.4. The van der Waals surface area contributed by atoms with E-state index in [2.05, 4.69) is 5.32 Å². The first kappa shape index (κ1) is 22.0. The molecule has 2 saturated heterocycles. The second-order valence-electron chi connectivity index (χ2n) is 9.79. The van der Waals surface area contributed by atoms with Gasteiger partial charge in [0.2, 0.25) is 11.8 Å². The number of nitrogens with zero attached hydrogens (tertiary/aromatic N) is 1. The molecule has 4 rings (SSSR count). The van der Waals surface area contributed by atoms with E-state index >= 15 is 0 Å². The van der Waals surface area contributed by atoms with Gasteiger partial charge in [0.05, 0.1) is 11.8 Å². The number of aliphatic carboxylic acids is 1. The number of amides is 2. The molecule has 0 saturated carbocycles. The van der Waals surface area contributed by atoms with E-state index in [9.17, 15) is 24.6 Å². The van der Waals surface area contributed by atoms with Crippen molar-refractivity contribution in [3.63, 3.8) is 0 Å². The molecule has 2 amide bonds. The van der Waals surface area contributed by atoms with E-state index in [-0.39, 0.29) is 11.7 Å². The molecule has 0 radical (unpaired) electrons. The summed E-state index contributed by atoms with van der Waals surface area (Å²) in [5, 5.41) is 23.9. The number of imide groups is 1. The molecule has 4 atom stereocenters. The predicted molar refractivity (Wildman–Crippen MR) is 118 cm³/mol. The molecule has 32 heavy (non-hydrogen) atoms. The monoisotopic (exact) mass is 436 g/mol. The van der Waals surface area contributed by atoms with Crippen LogP contribution in [-0.4, -0.2) is 38.4 Å². The Hall–Kier alpha value is -3.19. The van der Waals surface area contributed by atoms with Crippen LogP contribution < -0.4 is 5.32 Å². The second-order valence-corrected chi connectivity index (χ2v) is 9.79. The summed E-state index contributed by atoms with van der Waals surface area (Å²) in [5.74, 6) is -3.91. The molecule has 7 heteroatoms. The van der Waals surface area contributed by atoms with Crippen LogP contribution >= 0.6 is 0 Å².